The first-order valence-electron chi connectivity index (χ1n) is 12.3. The van der Waals surface area contributed by atoms with E-state index in [1.54, 1.807) is 0 Å². The summed E-state index contributed by atoms with van der Waals surface area (Å²) in [5.41, 5.74) is 4.07. The predicted octanol–water partition coefficient (Wildman–Crippen LogP) is 5.57. The first-order valence-corrected chi connectivity index (χ1v) is 12.3. The molecule has 1 aliphatic heterocycles. The number of hydrogen-bond acceptors (Lipinski definition) is 5. The maximum atomic E-state index is 12.0. The van der Waals surface area contributed by atoms with E-state index in [9.17, 15) is 9.90 Å². The number of benzene rings is 3. The van der Waals surface area contributed by atoms with Crippen LogP contribution in [-0.4, -0.2) is 40.7 Å². The van der Waals surface area contributed by atoms with Gasteiger partial charge >= 0.3 is 5.97 Å². The quantitative estimate of drug-likeness (QED) is 0.336. The summed E-state index contributed by atoms with van der Waals surface area (Å²) in [6, 6.07) is 27.9. The average Bonchev–Trinajstić information content (AvgIpc) is 3.49. The topological polar surface area (TPSA) is 75.8 Å². The van der Waals surface area contributed by atoms with Crippen LogP contribution in [0.25, 0.3) is 11.5 Å². The highest BCUT2D eigenvalue weighted by atomic mass is 16.5. The second kappa shape index (κ2) is 10.8. The third-order valence-electron chi connectivity index (χ3n) is 6.79. The third-order valence-corrected chi connectivity index (χ3v) is 6.79. The summed E-state index contributed by atoms with van der Waals surface area (Å²) in [5, 5.41) is 9.84. The van der Waals surface area contributed by atoms with Gasteiger partial charge in [0.1, 0.15) is 11.5 Å². The van der Waals surface area contributed by atoms with Crippen LogP contribution in [0.15, 0.2) is 89.3 Å². The maximum Gasteiger partial charge on any atom is 0.308 e. The van der Waals surface area contributed by atoms with Crippen LogP contribution in [0.2, 0.25) is 0 Å². The standard InChI is InChI=1S/C30H30N2O4/c1-21-28(31-29(36-21)24-10-6-3-7-11-24)16-17-35-25-14-12-23(13-15-25)26-19-32(20-27(26)30(33)34)18-22-8-4-2-5-9-22/h2-15,26-27H,16-20H2,1H3,(H,33,34)/t26-,27-/m0/s1. The van der Waals surface area contributed by atoms with Crippen molar-refractivity contribution in [1.29, 1.82) is 0 Å². The number of carbonyl (C=O) groups is 1. The predicted molar refractivity (Wildman–Crippen MR) is 138 cm³/mol. The minimum atomic E-state index is -0.742. The van der Waals surface area contributed by atoms with E-state index in [0.717, 1.165) is 41.4 Å². The van der Waals surface area contributed by atoms with Gasteiger partial charge in [-0.05, 0) is 42.3 Å². The van der Waals surface area contributed by atoms with Gasteiger partial charge in [-0.25, -0.2) is 4.98 Å². The van der Waals surface area contributed by atoms with Gasteiger partial charge in [0.05, 0.1) is 18.2 Å². The molecule has 6 nitrogen and oxygen atoms in total. The number of ether oxygens (including phenoxy) is 1. The number of hydrogen-bond donors (Lipinski definition) is 1. The van der Waals surface area contributed by atoms with Gasteiger partial charge < -0.3 is 14.3 Å². The Morgan fingerprint density at radius 3 is 2.39 bits per heavy atom. The number of aryl methyl sites for hydroxylation is 1. The molecule has 1 N–H and O–H groups in total. The largest absolute Gasteiger partial charge is 0.493 e. The molecule has 0 amide bonds. The Kier molecular flexibility index (Phi) is 7.14. The van der Waals surface area contributed by atoms with E-state index < -0.39 is 11.9 Å². The summed E-state index contributed by atoms with van der Waals surface area (Å²) in [6.07, 6.45) is 0.641. The number of rotatable bonds is 9. The monoisotopic (exact) mass is 482 g/mol. The van der Waals surface area contributed by atoms with Crippen LogP contribution in [0.1, 0.15) is 28.5 Å². The molecule has 0 radical (unpaired) electrons. The number of oxazole rings is 1. The van der Waals surface area contributed by atoms with Crippen molar-refractivity contribution in [3.8, 4) is 17.2 Å². The Morgan fingerprint density at radius 1 is 1.00 bits per heavy atom. The Morgan fingerprint density at radius 2 is 1.69 bits per heavy atom. The van der Waals surface area contributed by atoms with Gasteiger partial charge in [0.2, 0.25) is 5.89 Å². The Labute approximate surface area is 211 Å². The molecule has 36 heavy (non-hydrogen) atoms. The van der Waals surface area contributed by atoms with E-state index in [0.29, 0.717) is 25.5 Å². The van der Waals surface area contributed by atoms with Gasteiger partial charge in [0.25, 0.3) is 0 Å². The van der Waals surface area contributed by atoms with Gasteiger partial charge in [0.15, 0.2) is 0 Å². The molecule has 6 heteroatoms. The Hall–Kier alpha value is -3.90. The average molecular weight is 483 g/mol. The van der Waals surface area contributed by atoms with Crippen molar-refractivity contribution in [2.45, 2.75) is 25.8 Å². The number of aromatic nitrogens is 1. The number of carboxylic acid groups (broad SMARTS) is 1. The maximum absolute atomic E-state index is 12.0. The molecule has 4 aromatic rings. The fourth-order valence-electron chi connectivity index (χ4n) is 4.88. The molecule has 1 aliphatic rings. The molecule has 1 saturated heterocycles. The third kappa shape index (κ3) is 5.50. The van der Waals surface area contributed by atoms with Gasteiger partial charge in [-0.3, -0.25) is 9.69 Å². The van der Waals surface area contributed by atoms with Crippen LogP contribution in [0.3, 0.4) is 0 Å². The van der Waals surface area contributed by atoms with Crippen LogP contribution in [-0.2, 0) is 17.8 Å². The zero-order chi connectivity index (χ0) is 24.9. The van der Waals surface area contributed by atoms with Crippen molar-refractivity contribution in [1.82, 2.24) is 9.88 Å². The summed E-state index contributed by atoms with van der Waals surface area (Å²) in [6.45, 7) is 4.43. The summed E-state index contributed by atoms with van der Waals surface area (Å²) in [4.78, 5) is 18.8. The molecule has 0 saturated carbocycles. The molecule has 184 valence electrons. The number of aliphatic carboxylic acids is 1. The summed E-state index contributed by atoms with van der Waals surface area (Å²) < 4.78 is 11.8. The van der Waals surface area contributed by atoms with Gasteiger partial charge in [-0.15, -0.1) is 0 Å². The van der Waals surface area contributed by atoms with E-state index in [1.807, 2.05) is 79.7 Å². The Bertz CT molecular complexity index is 1290. The lowest BCUT2D eigenvalue weighted by Crippen LogP contribution is -2.23. The minimum Gasteiger partial charge on any atom is -0.493 e. The lowest BCUT2D eigenvalue weighted by molar-refractivity contribution is -0.141. The van der Waals surface area contributed by atoms with E-state index in [-0.39, 0.29) is 5.92 Å². The van der Waals surface area contributed by atoms with Crippen LogP contribution < -0.4 is 4.74 Å². The van der Waals surface area contributed by atoms with Crippen LogP contribution >= 0.6 is 0 Å². The van der Waals surface area contributed by atoms with Crippen molar-refractivity contribution < 1.29 is 19.1 Å². The normalized spacial score (nSPS) is 17.8. The van der Waals surface area contributed by atoms with E-state index >= 15 is 0 Å². The summed E-state index contributed by atoms with van der Waals surface area (Å²) >= 11 is 0. The van der Waals surface area contributed by atoms with Crippen molar-refractivity contribution in [2.75, 3.05) is 19.7 Å². The number of likely N-dealkylation sites (tertiary alicyclic amines) is 1. The van der Waals surface area contributed by atoms with E-state index in [1.165, 1.54) is 5.56 Å². The summed E-state index contributed by atoms with van der Waals surface area (Å²) in [7, 11) is 0. The van der Waals surface area contributed by atoms with Crippen LogP contribution in [0.4, 0.5) is 0 Å². The molecule has 0 unspecified atom stereocenters. The first kappa shape index (κ1) is 23.8. The minimum absolute atomic E-state index is 0.0468. The van der Waals surface area contributed by atoms with Crippen molar-refractivity contribution in [3.63, 3.8) is 0 Å². The van der Waals surface area contributed by atoms with Gasteiger partial charge in [-0.2, -0.15) is 0 Å². The smallest absolute Gasteiger partial charge is 0.308 e. The second-order valence-corrected chi connectivity index (χ2v) is 9.29. The highest BCUT2D eigenvalue weighted by Crippen LogP contribution is 2.34. The van der Waals surface area contributed by atoms with Crippen LogP contribution in [0, 0.1) is 12.8 Å². The summed E-state index contributed by atoms with van der Waals surface area (Å²) in [5.74, 6) is 0.971. The molecule has 0 bridgehead atoms. The van der Waals surface area contributed by atoms with Crippen molar-refractivity contribution >= 4 is 5.97 Å². The van der Waals surface area contributed by atoms with Gasteiger partial charge in [-0.1, -0.05) is 60.7 Å². The van der Waals surface area contributed by atoms with Crippen molar-refractivity contribution in [3.05, 3.63) is 108 Å². The number of nitrogens with zero attached hydrogens (tertiary/aromatic N) is 2. The lowest BCUT2D eigenvalue weighted by Gasteiger charge is -2.17. The van der Waals surface area contributed by atoms with E-state index in [2.05, 4.69) is 22.0 Å². The first-order chi connectivity index (χ1) is 17.6. The highest BCUT2D eigenvalue weighted by molar-refractivity contribution is 5.72. The fraction of sp³-hybridized carbons (Fsp3) is 0.267. The number of carboxylic acids is 1. The molecule has 2 heterocycles. The molecule has 2 atom stereocenters. The molecular formula is C30H30N2O4. The highest BCUT2D eigenvalue weighted by Gasteiger charge is 2.38. The van der Waals surface area contributed by atoms with Crippen LogP contribution in [0.5, 0.6) is 5.75 Å². The fourth-order valence-corrected chi connectivity index (χ4v) is 4.88. The molecular weight excluding hydrogens is 452 g/mol. The Balaban J connectivity index is 1.18. The zero-order valence-corrected chi connectivity index (χ0v) is 20.3. The molecule has 0 spiro atoms. The zero-order valence-electron chi connectivity index (χ0n) is 20.3. The van der Waals surface area contributed by atoms with E-state index in [4.69, 9.17) is 9.15 Å². The second-order valence-electron chi connectivity index (χ2n) is 9.29. The molecule has 1 fully saturated rings. The molecule has 0 aliphatic carbocycles. The molecule has 5 rings (SSSR count). The lowest BCUT2D eigenvalue weighted by atomic mass is 9.89. The SMILES string of the molecule is Cc1oc(-c2ccccc2)nc1CCOc1ccc([C@@H]2CN(Cc3ccccc3)C[C@@H]2C(=O)O)cc1. The van der Waals surface area contributed by atoms with Crippen molar-refractivity contribution in [2.24, 2.45) is 5.92 Å². The van der Waals surface area contributed by atoms with Gasteiger partial charge in [0, 0.05) is 37.5 Å². The molecule has 3 aromatic carbocycles. The molecule has 1 aromatic heterocycles.